The second-order valence-corrected chi connectivity index (χ2v) is 4.63. The predicted molar refractivity (Wildman–Crippen MR) is 68.3 cm³/mol. The first-order valence-electron chi connectivity index (χ1n) is 4.70. The van der Waals surface area contributed by atoms with Crippen LogP contribution in [-0.2, 0) is 7.05 Å². The highest BCUT2D eigenvalue weighted by Gasteiger charge is 2.20. The summed E-state index contributed by atoms with van der Waals surface area (Å²) in [7, 11) is 1.77. The molecule has 0 unspecified atom stereocenters. The molecular formula is C10H17Cl2N3O. The smallest absolute Gasteiger partial charge is 0.268 e. The van der Waals surface area contributed by atoms with E-state index in [0.29, 0.717) is 17.3 Å². The number of amides is 1. The summed E-state index contributed by atoms with van der Waals surface area (Å²) in [5.74, 6) is -0.167. The molecule has 1 aromatic rings. The predicted octanol–water partition coefficient (Wildman–Crippen LogP) is 1.57. The monoisotopic (exact) mass is 265 g/mol. The van der Waals surface area contributed by atoms with Crippen LogP contribution in [0.2, 0.25) is 5.02 Å². The van der Waals surface area contributed by atoms with Gasteiger partial charge in [-0.2, -0.15) is 0 Å². The maximum atomic E-state index is 11.8. The highest BCUT2D eigenvalue weighted by atomic mass is 35.5. The van der Waals surface area contributed by atoms with Crippen LogP contribution in [0.15, 0.2) is 12.3 Å². The fourth-order valence-corrected chi connectivity index (χ4v) is 1.42. The minimum Gasteiger partial charge on any atom is -0.345 e. The number of aromatic nitrogens is 1. The van der Waals surface area contributed by atoms with Crippen molar-refractivity contribution in [3.63, 3.8) is 0 Å². The van der Waals surface area contributed by atoms with Crippen LogP contribution < -0.4 is 11.1 Å². The molecule has 0 aromatic carbocycles. The third kappa shape index (κ3) is 3.70. The van der Waals surface area contributed by atoms with Crippen molar-refractivity contribution in [2.75, 3.05) is 6.54 Å². The number of nitrogens with two attached hydrogens (primary N) is 1. The Morgan fingerprint density at radius 1 is 1.62 bits per heavy atom. The van der Waals surface area contributed by atoms with E-state index in [2.05, 4.69) is 5.32 Å². The zero-order chi connectivity index (χ0) is 11.6. The lowest BCUT2D eigenvalue weighted by Gasteiger charge is -2.24. The van der Waals surface area contributed by atoms with Gasteiger partial charge in [0.15, 0.2) is 0 Å². The van der Waals surface area contributed by atoms with E-state index in [1.165, 1.54) is 0 Å². The molecule has 0 atom stereocenters. The third-order valence-corrected chi connectivity index (χ3v) is 2.37. The zero-order valence-electron chi connectivity index (χ0n) is 9.58. The number of hydrogen-bond donors (Lipinski definition) is 2. The summed E-state index contributed by atoms with van der Waals surface area (Å²) in [4.78, 5) is 11.8. The van der Waals surface area contributed by atoms with Crippen molar-refractivity contribution in [3.8, 4) is 0 Å². The number of hydrogen-bond acceptors (Lipinski definition) is 2. The molecule has 3 N–H and O–H groups in total. The maximum Gasteiger partial charge on any atom is 0.268 e. The second-order valence-electron chi connectivity index (χ2n) is 4.20. The molecule has 0 saturated heterocycles. The van der Waals surface area contributed by atoms with E-state index in [0.717, 1.165) is 0 Å². The number of rotatable bonds is 3. The van der Waals surface area contributed by atoms with Gasteiger partial charge in [0.05, 0.1) is 5.02 Å². The van der Waals surface area contributed by atoms with E-state index >= 15 is 0 Å². The lowest BCUT2D eigenvalue weighted by Crippen LogP contribution is -2.49. The van der Waals surface area contributed by atoms with Crippen LogP contribution in [-0.4, -0.2) is 22.6 Å². The first-order chi connectivity index (χ1) is 6.85. The Morgan fingerprint density at radius 3 is 2.56 bits per heavy atom. The Balaban J connectivity index is 0.00000225. The van der Waals surface area contributed by atoms with E-state index in [-0.39, 0.29) is 18.3 Å². The normalized spacial score (nSPS) is 10.8. The molecule has 0 saturated carbocycles. The van der Waals surface area contributed by atoms with Gasteiger partial charge in [-0.3, -0.25) is 4.79 Å². The largest absolute Gasteiger partial charge is 0.345 e. The molecule has 1 aromatic heterocycles. The summed E-state index contributed by atoms with van der Waals surface area (Å²) in [6.07, 6.45) is 1.69. The minimum atomic E-state index is -0.409. The minimum absolute atomic E-state index is 0. The number of halogens is 2. The highest BCUT2D eigenvalue weighted by molar-refractivity contribution is 6.31. The number of nitrogens with one attached hydrogen (secondary N) is 1. The Kier molecular flexibility index (Phi) is 5.32. The highest BCUT2D eigenvalue weighted by Crippen LogP contribution is 2.13. The lowest BCUT2D eigenvalue weighted by atomic mass is 10.1. The number of nitrogens with zero attached hydrogens (tertiary/aromatic N) is 1. The molecule has 0 aliphatic rings. The summed E-state index contributed by atoms with van der Waals surface area (Å²) < 4.78 is 1.68. The SMILES string of the molecule is Cl.Cn1cc(Cl)cc1C(=O)NC(C)(C)CN. The standard InChI is InChI=1S/C10H16ClN3O.ClH/c1-10(2,6-12)13-9(15)8-4-7(11)5-14(8)3;/h4-5H,6,12H2,1-3H3,(H,13,15);1H. The van der Waals surface area contributed by atoms with E-state index in [1.54, 1.807) is 23.9 Å². The lowest BCUT2D eigenvalue weighted by molar-refractivity contribution is 0.0907. The van der Waals surface area contributed by atoms with Gasteiger partial charge in [-0.05, 0) is 19.9 Å². The van der Waals surface area contributed by atoms with Crippen LogP contribution in [0, 0.1) is 0 Å². The first kappa shape index (κ1) is 15.3. The van der Waals surface area contributed by atoms with Crippen LogP contribution >= 0.6 is 24.0 Å². The molecular weight excluding hydrogens is 249 g/mol. The van der Waals surface area contributed by atoms with Gasteiger partial charge in [-0.25, -0.2) is 0 Å². The van der Waals surface area contributed by atoms with Crippen LogP contribution in [0.5, 0.6) is 0 Å². The number of aryl methyl sites for hydroxylation is 1. The molecule has 0 radical (unpaired) electrons. The van der Waals surface area contributed by atoms with Gasteiger partial charge in [0, 0.05) is 25.3 Å². The summed E-state index contributed by atoms with van der Waals surface area (Å²) in [5.41, 5.74) is 5.65. The van der Waals surface area contributed by atoms with Gasteiger partial charge >= 0.3 is 0 Å². The van der Waals surface area contributed by atoms with Crippen LogP contribution in [0.3, 0.4) is 0 Å². The van der Waals surface area contributed by atoms with Crippen LogP contribution in [0.4, 0.5) is 0 Å². The van der Waals surface area contributed by atoms with Crippen molar-refractivity contribution in [2.24, 2.45) is 12.8 Å². The molecule has 1 heterocycles. The topological polar surface area (TPSA) is 60.0 Å². The number of carbonyl (C=O) groups excluding carboxylic acids is 1. The molecule has 6 heteroatoms. The van der Waals surface area contributed by atoms with E-state index < -0.39 is 5.54 Å². The first-order valence-corrected chi connectivity index (χ1v) is 5.08. The third-order valence-electron chi connectivity index (χ3n) is 2.17. The van der Waals surface area contributed by atoms with Gasteiger partial charge in [0.2, 0.25) is 0 Å². The Hall–Kier alpha value is -0.710. The zero-order valence-corrected chi connectivity index (χ0v) is 11.2. The van der Waals surface area contributed by atoms with Gasteiger partial charge < -0.3 is 15.6 Å². The van der Waals surface area contributed by atoms with E-state index in [9.17, 15) is 4.79 Å². The van der Waals surface area contributed by atoms with Crippen LogP contribution in [0.1, 0.15) is 24.3 Å². The van der Waals surface area contributed by atoms with Gasteiger partial charge in [-0.15, -0.1) is 12.4 Å². The van der Waals surface area contributed by atoms with Crippen molar-refractivity contribution in [1.29, 1.82) is 0 Å². The van der Waals surface area contributed by atoms with Crippen molar-refractivity contribution >= 4 is 29.9 Å². The summed E-state index contributed by atoms with van der Waals surface area (Å²) >= 11 is 5.79. The van der Waals surface area contributed by atoms with Crippen molar-refractivity contribution in [2.45, 2.75) is 19.4 Å². The molecule has 92 valence electrons. The number of carbonyl (C=O) groups is 1. The summed E-state index contributed by atoms with van der Waals surface area (Å²) in [6, 6.07) is 1.63. The quantitative estimate of drug-likeness (QED) is 0.872. The molecule has 0 bridgehead atoms. The van der Waals surface area contributed by atoms with Crippen molar-refractivity contribution < 1.29 is 4.79 Å². The van der Waals surface area contributed by atoms with Crippen molar-refractivity contribution in [1.82, 2.24) is 9.88 Å². The second kappa shape index (κ2) is 5.57. The molecule has 1 amide bonds. The van der Waals surface area contributed by atoms with Gasteiger partial charge in [0.1, 0.15) is 5.69 Å². The van der Waals surface area contributed by atoms with E-state index in [4.69, 9.17) is 17.3 Å². The fourth-order valence-electron chi connectivity index (χ4n) is 1.17. The Labute approximate surface area is 107 Å². The molecule has 1 rings (SSSR count). The van der Waals surface area contributed by atoms with Crippen molar-refractivity contribution in [3.05, 3.63) is 23.0 Å². The Morgan fingerprint density at radius 2 is 2.19 bits per heavy atom. The molecule has 0 aliphatic carbocycles. The fraction of sp³-hybridized carbons (Fsp3) is 0.500. The molecule has 16 heavy (non-hydrogen) atoms. The average Bonchev–Trinajstić information content (AvgIpc) is 2.45. The average molecular weight is 266 g/mol. The Bertz CT molecular complexity index is 374. The molecule has 0 spiro atoms. The molecule has 4 nitrogen and oxygen atoms in total. The summed E-state index contributed by atoms with van der Waals surface area (Å²) in [6.45, 7) is 4.13. The summed E-state index contributed by atoms with van der Waals surface area (Å²) in [5, 5.41) is 3.38. The van der Waals surface area contributed by atoms with E-state index in [1.807, 2.05) is 13.8 Å². The van der Waals surface area contributed by atoms with Gasteiger partial charge in [-0.1, -0.05) is 11.6 Å². The van der Waals surface area contributed by atoms with Crippen LogP contribution in [0.25, 0.3) is 0 Å². The molecule has 0 aliphatic heterocycles. The van der Waals surface area contributed by atoms with Gasteiger partial charge in [0.25, 0.3) is 5.91 Å². The maximum absolute atomic E-state index is 11.8. The molecule has 0 fully saturated rings.